The second-order valence-corrected chi connectivity index (χ2v) is 7.83. The van der Waals surface area contributed by atoms with Gasteiger partial charge in [-0.2, -0.15) is 0 Å². The van der Waals surface area contributed by atoms with E-state index in [1.807, 2.05) is 0 Å². The van der Waals surface area contributed by atoms with E-state index < -0.39 is 11.8 Å². The Hall–Kier alpha value is -2.84. The highest BCUT2D eigenvalue weighted by Gasteiger charge is 2.09. The van der Waals surface area contributed by atoms with Crippen LogP contribution in [0, 0.1) is 0 Å². The molecule has 2 rings (SSSR count). The van der Waals surface area contributed by atoms with E-state index in [9.17, 15) is 9.59 Å². The highest BCUT2D eigenvalue weighted by Crippen LogP contribution is 2.15. The van der Waals surface area contributed by atoms with E-state index in [2.05, 4.69) is 23.1 Å². The van der Waals surface area contributed by atoms with Crippen molar-refractivity contribution in [2.75, 3.05) is 13.2 Å². The highest BCUT2D eigenvalue weighted by atomic mass is 35.5. The summed E-state index contributed by atoms with van der Waals surface area (Å²) < 4.78 is 11.0. The molecule has 0 bridgehead atoms. The lowest BCUT2D eigenvalue weighted by Gasteiger charge is -2.12. The van der Waals surface area contributed by atoms with Crippen molar-refractivity contribution in [3.8, 4) is 11.5 Å². The molecule has 0 aromatic heterocycles. The number of unbranched alkanes of at least 4 members (excludes halogenated alkanes) is 4. The number of nitrogens with one attached hydrogen (secondary N) is 3. The number of hydrazine groups is 1. The number of ether oxygens (including phenoxy) is 2. The molecule has 0 radical (unpaired) electrons. The van der Waals surface area contributed by atoms with Crippen LogP contribution in [0.4, 0.5) is 0 Å². The number of benzene rings is 2. The first-order chi connectivity index (χ1) is 15.5. The summed E-state index contributed by atoms with van der Waals surface area (Å²) in [5.41, 5.74) is 5.24. The maximum Gasteiger partial charge on any atom is 0.276 e. The summed E-state index contributed by atoms with van der Waals surface area (Å²) in [5, 5.41) is 3.03. The molecule has 7 nitrogen and oxygen atoms in total. The predicted molar refractivity (Wildman–Crippen MR) is 129 cm³/mol. The van der Waals surface area contributed by atoms with Crippen molar-refractivity contribution in [2.45, 2.75) is 39.0 Å². The number of hydrogen-bond acceptors (Lipinski definition) is 5. The summed E-state index contributed by atoms with van der Waals surface area (Å²) in [4.78, 5) is 24.1. The molecule has 0 spiro atoms. The Morgan fingerprint density at radius 3 is 2.19 bits per heavy atom. The number of thiocarbonyl (C=S) groups is 1. The molecule has 0 fully saturated rings. The maximum absolute atomic E-state index is 12.3. The molecule has 0 aliphatic heterocycles. The molecule has 32 heavy (non-hydrogen) atoms. The molecule has 0 aliphatic rings. The Morgan fingerprint density at radius 2 is 1.50 bits per heavy atom. The summed E-state index contributed by atoms with van der Waals surface area (Å²) in [5.74, 6) is 0.350. The van der Waals surface area contributed by atoms with Crippen molar-refractivity contribution in [3.63, 3.8) is 0 Å². The second-order valence-electron chi connectivity index (χ2n) is 6.99. The minimum atomic E-state index is -0.465. The first kappa shape index (κ1) is 25.4. The molecule has 9 heteroatoms. The van der Waals surface area contributed by atoms with Crippen LogP contribution in [0.3, 0.4) is 0 Å². The third-order valence-corrected chi connectivity index (χ3v) is 4.82. The Bertz CT molecular complexity index is 876. The first-order valence-corrected chi connectivity index (χ1v) is 11.3. The van der Waals surface area contributed by atoms with E-state index in [0.29, 0.717) is 28.7 Å². The summed E-state index contributed by atoms with van der Waals surface area (Å²) in [6.45, 7) is 2.61. The van der Waals surface area contributed by atoms with E-state index >= 15 is 0 Å². The lowest BCUT2D eigenvalue weighted by molar-refractivity contribution is -0.123. The zero-order valence-corrected chi connectivity index (χ0v) is 19.6. The molecular weight excluding hydrogens is 450 g/mol. The van der Waals surface area contributed by atoms with E-state index in [1.54, 1.807) is 48.5 Å². The fourth-order valence-electron chi connectivity index (χ4n) is 2.65. The molecule has 0 atom stereocenters. The van der Waals surface area contributed by atoms with Gasteiger partial charge in [-0.15, -0.1) is 0 Å². The number of carbonyl (C=O) groups is 2. The number of carbonyl (C=O) groups excluding carboxylic acids is 2. The van der Waals surface area contributed by atoms with Crippen molar-refractivity contribution >= 4 is 40.7 Å². The van der Waals surface area contributed by atoms with Gasteiger partial charge in [0.25, 0.3) is 11.8 Å². The Labute approximate surface area is 198 Å². The van der Waals surface area contributed by atoms with Crippen LogP contribution >= 0.6 is 23.8 Å². The minimum Gasteiger partial charge on any atom is -0.494 e. The van der Waals surface area contributed by atoms with Gasteiger partial charge in [-0.3, -0.25) is 25.8 Å². The van der Waals surface area contributed by atoms with Crippen molar-refractivity contribution in [2.24, 2.45) is 0 Å². The van der Waals surface area contributed by atoms with Gasteiger partial charge in [0.05, 0.1) is 6.61 Å². The van der Waals surface area contributed by atoms with Gasteiger partial charge >= 0.3 is 0 Å². The van der Waals surface area contributed by atoms with Crippen molar-refractivity contribution in [3.05, 3.63) is 59.1 Å². The molecule has 0 saturated heterocycles. The van der Waals surface area contributed by atoms with Gasteiger partial charge in [0, 0.05) is 10.6 Å². The van der Waals surface area contributed by atoms with Gasteiger partial charge in [0.2, 0.25) is 0 Å². The molecule has 3 N–H and O–H groups in total. The molecule has 0 unspecified atom stereocenters. The van der Waals surface area contributed by atoms with Gasteiger partial charge in [0.15, 0.2) is 11.7 Å². The Morgan fingerprint density at radius 1 is 0.875 bits per heavy atom. The van der Waals surface area contributed by atoms with Gasteiger partial charge in [-0.1, -0.05) is 44.2 Å². The quantitative estimate of drug-likeness (QED) is 0.252. The van der Waals surface area contributed by atoms with Crippen LogP contribution in [-0.4, -0.2) is 30.1 Å². The van der Waals surface area contributed by atoms with E-state index in [4.69, 9.17) is 33.3 Å². The number of rotatable bonds is 11. The zero-order chi connectivity index (χ0) is 23.2. The zero-order valence-electron chi connectivity index (χ0n) is 18.0. The molecule has 2 aromatic carbocycles. The molecule has 2 aromatic rings. The van der Waals surface area contributed by atoms with Crippen LogP contribution in [0.15, 0.2) is 48.5 Å². The van der Waals surface area contributed by atoms with E-state index in [0.717, 1.165) is 12.8 Å². The fourth-order valence-corrected chi connectivity index (χ4v) is 2.92. The Kier molecular flexibility index (Phi) is 11.3. The number of hydrogen-bond donors (Lipinski definition) is 3. The van der Waals surface area contributed by atoms with Crippen LogP contribution in [0.5, 0.6) is 11.5 Å². The lowest BCUT2D eigenvalue weighted by atomic mass is 10.2. The van der Waals surface area contributed by atoms with Crippen molar-refractivity contribution in [1.29, 1.82) is 0 Å². The Balaban J connectivity index is 1.65. The molecule has 0 saturated carbocycles. The molecule has 0 heterocycles. The predicted octanol–water partition coefficient (Wildman–Crippen LogP) is 4.40. The molecule has 2 amide bonds. The molecule has 0 aliphatic carbocycles. The lowest BCUT2D eigenvalue weighted by Crippen LogP contribution is -2.49. The third kappa shape index (κ3) is 9.98. The minimum absolute atomic E-state index is 0.0396. The normalized spacial score (nSPS) is 10.2. The topological polar surface area (TPSA) is 88.7 Å². The standard InChI is InChI=1S/C23H28ClN3O4S/c1-2-3-4-5-6-15-30-19-11-7-17(8-12-19)22(29)25-23(32)27-26-21(28)16-31-20-13-9-18(24)10-14-20/h7-14H,2-6,15-16H2,1H3,(H,26,28)(H2,25,27,29,32). The SMILES string of the molecule is CCCCCCCOc1ccc(C(=O)NC(=S)NNC(=O)COc2ccc(Cl)cc2)cc1. The number of halogens is 1. The average molecular weight is 478 g/mol. The van der Waals surface area contributed by atoms with E-state index in [1.165, 1.54) is 19.3 Å². The van der Waals surface area contributed by atoms with Gasteiger partial charge in [-0.25, -0.2) is 0 Å². The van der Waals surface area contributed by atoms with Crippen LogP contribution in [0.25, 0.3) is 0 Å². The third-order valence-electron chi connectivity index (χ3n) is 4.36. The van der Waals surface area contributed by atoms with Gasteiger partial charge in [0.1, 0.15) is 11.5 Å². The fraction of sp³-hybridized carbons (Fsp3) is 0.348. The largest absolute Gasteiger partial charge is 0.494 e. The van der Waals surface area contributed by atoms with Crippen LogP contribution in [0.2, 0.25) is 5.02 Å². The van der Waals surface area contributed by atoms with Crippen LogP contribution < -0.4 is 25.6 Å². The van der Waals surface area contributed by atoms with Gasteiger partial charge < -0.3 is 9.47 Å². The summed E-state index contributed by atoms with van der Waals surface area (Å²) in [6.07, 6.45) is 5.86. The second kappa shape index (κ2) is 14.3. The van der Waals surface area contributed by atoms with Crippen molar-refractivity contribution in [1.82, 2.24) is 16.2 Å². The van der Waals surface area contributed by atoms with Crippen LogP contribution in [-0.2, 0) is 4.79 Å². The summed E-state index contributed by atoms with van der Waals surface area (Å²) in [7, 11) is 0. The molecule has 172 valence electrons. The molecular formula is C23H28ClN3O4S. The van der Waals surface area contributed by atoms with Gasteiger partial charge in [-0.05, 0) is 67.2 Å². The smallest absolute Gasteiger partial charge is 0.276 e. The average Bonchev–Trinajstić information content (AvgIpc) is 2.80. The van der Waals surface area contributed by atoms with Crippen molar-refractivity contribution < 1.29 is 19.1 Å². The van der Waals surface area contributed by atoms with E-state index in [-0.39, 0.29) is 11.7 Å². The summed E-state index contributed by atoms with van der Waals surface area (Å²) in [6, 6.07) is 13.4. The monoisotopic (exact) mass is 477 g/mol. The van der Waals surface area contributed by atoms with Crippen LogP contribution in [0.1, 0.15) is 49.4 Å². The number of amides is 2. The highest BCUT2D eigenvalue weighted by molar-refractivity contribution is 7.80. The summed E-state index contributed by atoms with van der Waals surface area (Å²) >= 11 is 10.8. The first-order valence-electron chi connectivity index (χ1n) is 10.5. The maximum atomic E-state index is 12.3.